The molecule has 0 spiro atoms. The third-order valence-electron chi connectivity index (χ3n) is 2.81. The van der Waals surface area contributed by atoms with Crippen molar-refractivity contribution in [1.29, 1.82) is 0 Å². The number of aliphatic imine (C=N–C) groups is 1. The highest BCUT2D eigenvalue weighted by Gasteiger charge is 2.19. The van der Waals surface area contributed by atoms with Gasteiger partial charge in [-0.1, -0.05) is 45.0 Å². The Bertz CT molecular complexity index is 531. The van der Waals surface area contributed by atoms with Crippen LogP contribution < -0.4 is 0 Å². The normalized spacial score (nSPS) is 17.9. The maximum atomic E-state index is 11.4. The second-order valence-electron chi connectivity index (χ2n) is 5.42. The first-order valence-corrected chi connectivity index (χ1v) is 5.96. The van der Waals surface area contributed by atoms with Gasteiger partial charge in [0.05, 0.1) is 0 Å². The van der Waals surface area contributed by atoms with Gasteiger partial charge >= 0.3 is 5.97 Å². The molecule has 3 heteroatoms. The van der Waals surface area contributed by atoms with Gasteiger partial charge in [0.25, 0.3) is 0 Å². The molecule has 0 N–H and O–H groups in total. The lowest BCUT2D eigenvalue weighted by Crippen LogP contribution is -2.10. The van der Waals surface area contributed by atoms with Gasteiger partial charge in [-0.05, 0) is 22.6 Å². The van der Waals surface area contributed by atoms with E-state index >= 15 is 0 Å². The summed E-state index contributed by atoms with van der Waals surface area (Å²) in [5.41, 5.74) is 2.70. The van der Waals surface area contributed by atoms with E-state index in [-0.39, 0.29) is 11.4 Å². The summed E-state index contributed by atoms with van der Waals surface area (Å²) < 4.78 is 4.87. The van der Waals surface area contributed by atoms with Crippen LogP contribution in [0.3, 0.4) is 0 Å². The summed E-state index contributed by atoms with van der Waals surface area (Å²) >= 11 is 0. The topological polar surface area (TPSA) is 38.7 Å². The lowest BCUT2D eigenvalue weighted by molar-refractivity contribution is -0.130. The Labute approximate surface area is 107 Å². The van der Waals surface area contributed by atoms with E-state index in [4.69, 9.17) is 4.74 Å². The van der Waals surface area contributed by atoms with E-state index in [9.17, 15) is 4.79 Å². The third-order valence-corrected chi connectivity index (χ3v) is 2.81. The Morgan fingerprint density at radius 2 is 1.78 bits per heavy atom. The van der Waals surface area contributed by atoms with Crippen molar-refractivity contribution in [3.63, 3.8) is 0 Å². The van der Waals surface area contributed by atoms with Gasteiger partial charge in [0.15, 0.2) is 11.6 Å². The molecule has 1 aromatic carbocycles. The molecule has 0 unspecified atom stereocenters. The maximum Gasteiger partial charge on any atom is 0.363 e. The molecule has 1 aromatic rings. The molecule has 0 saturated heterocycles. The predicted octanol–water partition coefficient (Wildman–Crippen LogP) is 3.30. The standard InChI is InChI=1S/C15H17NO2/c1-10-16-13(14(17)18-10)9-11-5-7-12(8-6-11)15(2,3)4/h5-9H,1-4H3/b13-9+. The van der Waals surface area contributed by atoms with Gasteiger partial charge in [0, 0.05) is 6.92 Å². The van der Waals surface area contributed by atoms with Crippen LogP contribution in [0.2, 0.25) is 0 Å². The van der Waals surface area contributed by atoms with E-state index in [1.54, 1.807) is 13.0 Å². The summed E-state index contributed by atoms with van der Waals surface area (Å²) in [5.74, 6) is 0.0185. The quantitative estimate of drug-likeness (QED) is 0.560. The van der Waals surface area contributed by atoms with Crippen molar-refractivity contribution in [3.8, 4) is 0 Å². The summed E-state index contributed by atoms with van der Waals surface area (Å²) in [4.78, 5) is 15.5. The molecule has 3 nitrogen and oxygen atoms in total. The number of cyclic esters (lactones) is 1. The van der Waals surface area contributed by atoms with Crippen LogP contribution in [0, 0.1) is 0 Å². The van der Waals surface area contributed by atoms with Gasteiger partial charge in [-0.15, -0.1) is 0 Å². The zero-order chi connectivity index (χ0) is 13.3. The molecule has 0 bridgehead atoms. The number of esters is 1. The summed E-state index contributed by atoms with van der Waals surface area (Å²) in [7, 11) is 0. The van der Waals surface area contributed by atoms with Crippen LogP contribution in [0.1, 0.15) is 38.8 Å². The molecule has 1 aliphatic rings. The Morgan fingerprint density at radius 3 is 2.22 bits per heavy atom. The second kappa shape index (κ2) is 4.41. The average Bonchev–Trinajstić information content (AvgIpc) is 2.57. The Hall–Kier alpha value is -1.90. The lowest BCUT2D eigenvalue weighted by atomic mass is 9.87. The molecule has 94 valence electrons. The average molecular weight is 243 g/mol. The summed E-state index contributed by atoms with van der Waals surface area (Å²) in [6.07, 6.45) is 1.74. The zero-order valence-electron chi connectivity index (χ0n) is 11.2. The van der Waals surface area contributed by atoms with Crippen LogP contribution >= 0.6 is 0 Å². The fourth-order valence-electron chi connectivity index (χ4n) is 1.75. The van der Waals surface area contributed by atoms with Crippen molar-refractivity contribution in [2.75, 3.05) is 0 Å². The van der Waals surface area contributed by atoms with Crippen molar-refractivity contribution >= 4 is 17.9 Å². The molecule has 1 heterocycles. The number of ether oxygens (including phenoxy) is 1. The van der Waals surface area contributed by atoms with Crippen molar-refractivity contribution in [3.05, 3.63) is 41.1 Å². The first-order chi connectivity index (χ1) is 8.36. The Morgan fingerprint density at radius 1 is 1.17 bits per heavy atom. The van der Waals surface area contributed by atoms with Gasteiger partial charge in [0.1, 0.15) is 0 Å². The molecule has 1 aliphatic heterocycles. The largest absolute Gasteiger partial charge is 0.407 e. The number of nitrogens with zero attached hydrogens (tertiary/aromatic N) is 1. The van der Waals surface area contributed by atoms with Crippen LogP contribution in [0.4, 0.5) is 0 Å². The fourth-order valence-corrected chi connectivity index (χ4v) is 1.75. The minimum Gasteiger partial charge on any atom is -0.407 e. The molecule has 0 radical (unpaired) electrons. The number of carbonyl (C=O) groups excluding carboxylic acids is 1. The summed E-state index contributed by atoms with van der Waals surface area (Å²) in [5, 5.41) is 0. The first kappa shape index (κ1) is 12.6. The second-order valence-corrected chi connectivity index (χ2v) is 5.42. The zero-order valence-corrected chi connectivity index (χ0v) is 11.2. The van der Waals surface area contributed by atoms with Gasteiger partial charge in [-0.25, -0.2) is 9.79 Å². The highest BCUT2D eigenvalue weighted by Crippen LogP contribution is 2.23. The number of carbonyl (C=O) groups is 1. The minimum absolute atomic E-state index is 0.132. The van der Waals surface area contributed by atoms with Crippen molar-refractivity contribution in [2.45, 2.75) is 33.1 Å². The highest BCUT2D eigenvalue weighted by atomic mass is 16.6. The number of rotatable bonds is 1. The van der Waals surface area contributed by atoms with Crippen LogP contribution in [0.25, 0.3) is 6.08 Å². The molecule has 0 aliphatic carbocycles. The summed E-state index contributed by atoms with van der Waals surface area (Å²) in [6, 6.07) is 8.13. The minimum atomic E-state index is -0.382. The van der Waals surface area contributed by atoms with Gasteiger partial charge < -0.3 is 4.74 Å². The van der Waals surface area contributed by atoms with Crippen LogP contribution in [-0.2, 0) is 14.9 Å². The smallest absolute Gasteiger partial charge is 0.363 e. The van der Waals surface area contributed by atoms with Crippen molar-refractivity contribution in [1.82, 2.24) is 0 Å². The molecule has 2 rings (SSSR count). The van der Waals surface area contributed by atoms with E-state index in [1.807, 2.05) is 12.1 Å². The van der Waals surface area contributed by atoms with E-state index in [0.29, 0.717) is 11.6 Å². The van der Waals surface area contributed by atoms with Crippen molar-refractivity contribution in [2.24, 2.45) is 4.99 Å². The van der Waals surface area contributed by atoms with E-state index < -0.39 is 0 Å². The van der Waals surface area contributed by atoms with Crippen LogP contribution in [-0.4, -0.2) is 11.9 Å². The van der Waals surface area contributed by atoms with E-state index in [0.717, 1.165) is 5.56 Å². The van der Waals surface area contributed by atoms with Crippen LogP contribution in [0.5, 0.6) is 0 Å². The maximum absolute atomic E-state index is 11.4. The molecule has 0 fully saturated rings. The number of hydrogen-bond acceptors (Lipinski definition) is 3. The molecule has 18 heavy (non-hydrogen) atoms. The number of benzene rings is 1. The Balaban J connectivity index is 2.26. The predicted molar refractivity (Wildman–Crippen MR) is 72.3 cm³/mol. The molecular formula is C15H17NO2. The highest BCUT2D eigenvalue weighted by molar-refractivity contribution is 6.06. The summed E-state index contributed by atoms with van der Waals surface area (Å²) in [6.45, 7) is 8.18. The number of hydrogen-bond donors (Lipinski definition) is 0. The fraction of sp³-hybridized carbons (Fsp3) is 0.333. The molecule has 0 saturated carbocycles. The van der Waals surface area contributed by atoms with Gasteiger partial charge in [0.2, 0.25) is 0 Å². The monoisotopic (exact) mass is 243 g/mol. The van der Waals surface area contributed by atoms with E-state index in [1.165, 1.54) is 5.56 Å². The SMILES string of the molecule is CC1=N/C(=C/c2ccc(C(C)(C)C)cc2)C(=O)O1. The Kier molecular flexibility index (Phi) is 3.07. The van der Waals surface area contributed by atoms with Crippen LogP contribution in [0.15, 0.2) is 35.0 Å². The van der Waals surface area contributed by atoms with Crippen molar-refractivity contribution < 1.29 is 9.53 Å². The molecule has 0 amide bonds. The first-order valence-electron chi connectivity index (χ1n) is 5.96. The van der Waals surface area contributed by atoms with E-state index in [2.05, 4.69) is 37.9 Å². The molecule has 0 aromatic heterocycles. The van der Waals surface area contributed by atoms with Gasteiger partial charge in [-0.3, -0.25) is 0 Å². The van der Waals surface area contributed by atoms with Gasteiger partial charge in [-0.2, -0.15) is 0 Å². The molecule has 0 atom stereocenters. The molecular weight excluding hydrogens is 226 g/mol. The third kappa shape index (κ3) is 2.67. The lowest BCUT2D eigenvalue weighted by Gasteiger charge is -2.18.